The fraction of sp³-hybridized carbons (Fsp3) is 0.462. The van der Waals surface area contributed by atoms with E-state index in [4.69, 9.17) is 0 Å². The summed E-state index contributed by atoms with van der Waals surface area (Å²) in [4.78, 5) is 27.9. The molecule has 35 heavy (non-hydrogen) atoms. The van der Waals surface area contributed by atoms with Gasteiger partial charge in [-0.3, -0.25) is 13.9 Å². The Kier molecular flexibility index (Phi) is 10.2. The van der Waals surface area contributed by atoms with Gasteiger partial charge in [-0.05, 0) is 54.2 Å². The quantitative estimate of drug-likeness (QED) is 0.476. The summed E-state index contributed by atoms with van der Waals surface area (Å²) in [5.41, 5.74) is 2.05. The largest absolute Gasteiger partial charge is 0.354 e. The maximum atomic E-state index is 13.6. The minimum Gasteiger partial charge on any atom is -0.354 e. The monoisotopic (exact) mass is 505 g/mol. The minimum absolute atomic E-state index is 0.0408. The molecule has 2 amide bonds. The van der Waals surface area contributed by atoms with Crippen molar-refractivity contribution in [2.75, 3.05) is 23.7 Å². The smallest absolute Gasteiger partial charge is 0.244 e. The highest BCUT2D eigenvalue weighted by Gasteiger charge is 2.31. The van der Waals surface area contributed by atoms with Gasteiger partial charge in [0.15, 0.2) is 0 Å². The number of hydrogen-bond donors (Lipinski definition) is 1. The van der Waals surface area contributed by atoms with E-state index in [-0.39, 0.29) is 18.4 Å². The fourth-order valence-electron chi connectivity index (χ4n) is 3.64. The van der Waals surface area contributed by atoms with Crippen LogP contribution < -0.4 is 9.62 Å². The van der Waals surface area contributed by atoms with E-state index in [1.165, 1.54) is 17.0 Å². The number of carbonyl (C=O) groups is 2. The first-order valence-corrected chi connectivity index (χ1v) is 13.7. The second-order valence-electron chi connectivity index (χ2n) is 9.00. The average Bonchev–Trinajstić information content (AvgIpc) is 2.81. The molecule has 0 saturated carbocycles. The van der Waals surface area contributed by atoms with Gasteiger partial charge in [0.2, 0.25) is 21.8 Å². The van der Waals surface area contributed by atoms with E-state index >= 15 is 0 Å². The third-order valence-corrected chi connectivity index (χ3v) is 6.79. The van der Waals surface area contributed by atoms with Crippen molar-refractivity contribution in [1.82, 2.24) is 10.2 Å². The number of sulfonamides is 1. The van der Waals surface area contributed by atoms with Gasteiger partial charge in [0.05, 0.1) is 11.9 Å². The molecule has 0 heterocycles. The molecule has 1 atom stereocenters. The number of halogens is 1. The van der Waals surface area contributed by atoms with Crippen LogP contribution in [0.15, 0.2) is 48.5 Å². The van der Waals surface area contributed by atoms with Crippen LogP contribution in [0, 0.1) is 11.7 Å². The van der Waals surface area contributed by atoms with Crippen LogP contribution in [0.4, 0.5) is 10.1 Å². The molecule has 7 nitrogen and oxygen atoms in total. The summed E-state index contributed by atoms with van der Waals surface area (Å²) in [5, 5.41) is 2.87. The van der Waals surface area contributed by atoms with Crippen molar-refractivity contribution < 1.29 is 22.4 Å². The summed E-state index contributed by atoms with van der Waals surface area (Å²) in [6.07, 6.45) is 2.18. The van der Waals surface area contributed by atoms with Gasteiger partial charge in [-0.1, -0.05) is 52.0 Å². The molecule has 0 saturated heterocycles. The zero-order valence-electron chi connectivity index (χ0n) is 21.1. The molecule has 0 bridgehead atoms. The SMILES string of the molecule is CCc1ccc(N(CC(=O)N(Cc2ccc(F)cc2)C(CC)C(=O)NCC(C)C)S(C)(=O)=O)cc1. The molecule has 2 aromatic carbocycles. The van der Waals surface area contributed by atoms with Crippen LogP contribution in [0.5, 0.6) is 0 Å². The highest BCUT2D eigenvalue weighted by atomic mass is 32.2. The molecule has 2 rings (SSSR count). The summed E-state index contributed by atoms with van der Waals surface area (Å²) in [6, 6.07) is 11.8. The van der Waals surface area contributed by atoms with Gasteiger partial charge in [0, 0.05) is 13.1 Å². The van der Waals surface area contributed by atoms with E-state index in [1.54, 1.807) is 31.2 Å². The number of benzene rings is 2. The predicted molar refractivity (Wildman–Crippen MR) is 137 cm³/mol. The van der Waals surface area contributed by atoms with Crippen molar-refractivity contribution in [3.05, 3.63) is 65.5 Å². The van der Waals surface area contributed by atoms with E-state index in [9.17, 15) is 22.4 Å². The molecule has 0 aliphatic carbocycles. The lowest BCUT2D eigenvalue weighted by Crippen LogP contribution is -2.52. The highest BCUT2D eigenvalue weighted by Crippen LogP contribution is 2.21. The van der Waals surface area contributed by atoms with Gasteiger partial charge >= 0.3 is 0 Å². The molecule has 0 aromatic heterocycles. The Labute approximate surface area is 208 Å². The summed E-state index contributed by atoms with van der Waals surface area (Å²) in [5.74, 6) is -1.02. The number of hydrogen-bond acceptors (Lipinski definition) is 4. The molecule has 192 valence electrons. The zero-order valence-corrected chi connectivity index (χ0v) is 21.9. The molecule has 0 aliphatic rings. The molecule has 0 fully saturated rings. The van der Waals surface area contributed by atoms with E-state index in [2.05, 4.69) is 5.32 Å². The van der Waals surface area contributed by atoms with Gasteiger partial charge in [0.25, 0.3) is 0 Å². The number of nitrogens with one attached hydrogen (secondary N) is 1. The van der Waals surface area contributed by atoms with E-state index < -0.39 is 34.3 Å². The zero-order chi connectivity index (χ0) is 26.2. The van der Waals surface area contributed by atoms with Gasteiger partial charge in [-0.15, -0.1) is 0 Å². The van der Waals surface area contributed by atoms with Crippen LogP contribution in [0.1, 0.15) is 45.2 Å². The maximum absolute atomic E-state index is 13.6. The highest BCUT2D eigenvalue weighted by molar-refractivity contribution is 7.92. The second kappa shape index (κ2) is 12.7. The summed E-state index contributed by atoms with van der Waals surface area (Å²) < 4.78 is 39.7. The van der Waals surface area contributed by atoms with Crippen LogP contribution in [-0.2, 0) is 32.6 Å². The average molecular weight is 506 g/mol. The lowest BCUT2D eigenvalue weighted by molar-refractivity contribution is -0.140. The third-order valence-electron chi connectivity index (χ3n) is 5.65. The number of aryl methyl sites for hydroxylation is 1. The van der Waals surface area contributed by atoms with Crippen molar-refractivity contribution >= 4 is 27.5 Å². The van der Waals surface area contributed by atoms with Gasteiger partial charge in [-0.2, -0.15) is 0 Å². The third kappa shape index (κ3) is 8.35. The molecule has 1 N–H and O–H groups in total. The van der Waals surface area contributed by atoms with Crippen LogP contribution >= 0.6 is 0 Å². The molecule has 9 heteroatoms. The molecular weight excluding hydrogens is 469 g/mol. The maximum Gasteiger partial charge on any atom is 0.244 e. The van der Waals surface area contributed by atoms with Crippen molar-refractivity contribution in [1.29, 1.82) is 0 Å². The van der Waals surface area contributed by atoms with Crippen molar-refractivity contribution in [3.63, 3.8) is 0 Å². The van der Waals surface area contributed by atoms with E-state index in [0.29, 0.717) is 24.2 Å². The summed E-state index contributed by atoms with van der Waals surface area (Å²) in [6.45, 7) is 7.76. The first-order chi connectivity index (χ1) is 16.5. The molecular formula is C26H36FN3O4S. The molecule has 0 aliphatic heterocycles. The van der Waals surface area contributed by atoms with Crippen LogP contribution in [0.3, 0.4) is 0 Å². The normalized spacial score (nSPS) is 12.3. The predicted octanol–water partition coefficient (Wildman–Crippen LogP) is 3.73. The Morgan fingerprint density at radius 1 is 0.971 bits per heavy atom. The fourth-order valence-corrected chi connectivity index (χ4v) is 4.49. The Balaban J connectivity index is 2.40. The first-order valence-electron chi connectivity index (χ1n) is 11.8. The van der Waals surface area contributed by atoms with Gasteiger partial charge in [0.1, 0.15) is 18.4 Å². The topological polar surface area (TPSA) is 86.8 Å². The number of amides is 2. The number of nitrogens with zero attached hydrogens (tertiary/aromatic N) is 2. The molecule has 2 aromatic rings. The minimum atomic E-state index is -3.78. The number of rotatable bonds is 12. The molecule has 0 spiro atoms. The van der Waals surface area contributed by atoms with Gasteiger partial charge < -0.3 is 10.2 Å². The second-order valence-corrected chi connectivity index (χ2v) is 10.9. The van der Waals surface area contributed by atoms with Crippen molar-refractivity contribution in [2.24, 2.45) is 5.92 Å². The van der Waals surface area contributed by atoms with Gasteiger partial charge in [-0.25, -0.2) is 12.8 Å². The Hall–Kier alpha value is -2.94. The lowest BCUT2D eigenvalue weighted by Gasteiger charge is -2.33. The van der Waals surface area contributed by atoms with E-state index in [0.717, 1.165) is 22.5 Å². The summed E-state index contributed by atoms with van der Waals surface area (Å²) >= 11 is 0. The standard InChI is InChI=1S/C26H36FN3O4S/c1-6-20-10-14-23(15-11-20)30(35(5,33)34)18-25(31)29(17-21-8-12-22(27)13-9-21)24(7-2)26(32)28-16-19(3)4/h8-15,19,24H,6-7,16-18H2,1-5H3,(H,28,32). The molecule has 1 unspecified atom stereocenters. The molecule has 0 radical (unpaired) electrons. The lowest BCUT2D eigenvalue weighted by atomic mass is 10.1. The Bertz CT molecular complexity index is 1090. The van der Waals surface area contributed by atoms with E-state index in [1.807, 2.05) is 32.9 Å². The number of carbonyl (C=O) groups excluding carboxylic acids is 2. The Morgan fingerprint density at radius 3 is 2.03 bits per heavy atom. The van der Waals surface area contributed by atoms with Crippen LogP contribution in [-0.4, -0.2) is 50.5 Å². The Morgan fingerprint density at radius 2 is 1.54 bits per heavy atom. The first kappa shape index (κ1) is 28.3. The van der Waals surface area contributed by atoms with Crippen molar-refractivity contribution in [3.8, 4) is 0 Å². The van der Waals surface area contributed by atoms with Crippen LogP contribution in [0.25, 0.3) is 0 Å². The van der Waals surface area contributed by atoms with Crippen molar-refractivity contribution in [2.45, 2.75) is 53.1 Å². The van der Waals surface area contributed by atoms with Crippen LogP contribution in [0.2, 0.25) is 0 Å². The summed E-state index contributed by atoms with van der Waals surface area (Å²) in [7, 11) is -3.78. The number of anilines is 1.